The molecule has 136 valence electrons. The van der Waals surface area contributed by atoms with Crippen molar-refractivity contribution in [2.45, 2.75) is 6.54 Å². The molecule has 0 atom stereocenters. The zero-order valence-corrected chi connectivity index (χ0v) is 15.3. The highest BCUT2D eigenvalue weighted by Crippen LogP contribution is 2.30. The summed E-state index contributed by atoms with van der Waals surface area (Å²) >= 11 is 0. The number of methoxy groups -OCH3 is 2. The summed E-state index contributed by atoms with van der Waals surface area (Å²) < 4.78 is 12.8. The molecule has 0 saturated heterocycles. The second-order valence-corrected chi connectivity index (χ2v) is 6.20. The van der Waals surface area contributed by atoms with Crippen molar-refractivity contribution in [1.82, 2.24) is 9.55 Å². The molecule has 0 aliphatic carbocycles. The van der Waals surface area contributed by atoms with Gasteiger partial charge in [-0.15, -0.1) is 0 Å². The standard InChI is InChI=1S/C22H21N3O2/c1-26-21-11-10-17(13-22(21)27-2)23-14-16-6-5-7-18(12-16)25-15-24-19-8-3-4-9-20(19)25/h3-13,15,23H,14H2,1-2H3. The summed E-state index contributed by atoms with van der Waals surface area (Å²) in [7, 11) is 3.27. The number of anilines is 1. The summed E-state index contributed by atoms with van der Waals surface area (Å²) in [5.74, 6) is 1.43. The van der Waals surface area contributed by atoms with Gasteiger partial charge in [0.1, 0.15) is 6.33 Å². The van der Waals surface area contributed by atoms with Gasteiger partial charge >= 0.3 is 0 Å². The van der Waals surface area contributed by atoms with E-state index in [0.717, 1.165) is 28.2 Å². The number of fused-ring (bicyclic) bond motifs is 1. The number of nitrogens with zero attached hydrogens (tertiary/aromatic N) is 2. The van der Waals surface area contributed by atoms with Gasteiger partial charge in [0.05, 0.1) is 25.3 Å². The molecule has 0 aliphatic rings. The summed E-state index contributed by atoms with van der Waals surface area (Å²) in [6.45, 7) is 0.704. The molecule has 0 fully saturated rings. The molecule has 0 radical (unpaired) electrons. The molecule has 4 aromatic rings. The Morgan fingerprint density at radius 1 is 0.889 bits per heavy atom. The van der Waals surface area contributed by atoms with Crippen LogP contribution in [0.25, 0.3) is 16.7 Å². The lowest BCUT2D eigenvalue weighted by atomic mass is 10.2. The Hall–Kier alpha value is -3.47. The van der Waals surface area contributed by atoms with Crippen molar-refractivity contribution in [3.63, 3.8) is 0 Å². The van der Waals surface area contributed by atoms with Gasteiger partial charge in [0.15, 0.2) is 11.5 Å². The number of para-hydroxylation sites is 2. The number of hydrogen-bond donors (Lipinski definition) is 1. The third-order valence-electron chi connectivity index (χ3n) is 4.52. The molecule has 0 amide bonds. The van der Waals surface area contributed by atoms with Crippen molar-refractivity contribution in [3.8, 4) is 17.2 Å². The molecule has 0 unspecified atom stereocenters. The predicted octanol–water partition coefficient (Wildman–Crippen LogP) is 4.65. The highest BCUT2D eigenvalue weighted by molar-refractivity contribution is 5.77. The first-order valence-electron chi connectivity index (χ1n) is 8.76. The number of ether oxygens (including phenoxy) is 2. The van der Waals surface area contributed by atoms with Crippen LogP contribution in [0.15, 0.2) is 73.1 Å². The quantitative estimate of drug-likeness (QED) is 0.544. The minimum Gasteiger partial charge on any atom is -0.493 e. The van der Waals surface area contributed by atoms with Crippen molar-refractivity contribution in [3.05, 3.63) is 78.6 Å². The maximum absolute atomic E-state index is 5.36. The van der Waals surface area contributed by atoms with E-state index in [1.54, 1.807) is 14.2 Å². The fourth-order valence-corrected chi connectivity index (χ4v) is 3.13. The van der Waals surface area contributed by atoms with Gasteiger partial charge in [-0.25, -0.2) is 4.98 Å². The lowest BCUT2D eigenvalue weighted by Gasteiger charge is -2.12. The van der Waals surface area contributed by atoms with E-state index in [0.29, 0.717) is 12.3 Å². The number of hydrogen-bond acceptors (Lipinski definition) is 4. The van der Waals surface area contributed by atoms with Crippen molar-refractivity contribution in [2.24, 2.45) is 0 Å². The van der Waals surface area contributed by atoms with Gasteiger partial charge in [-0.3, -0.25) is 4.57 Å². The number of rotatable bonds is 6. The topological polar surface area (TPSA) is 48.3 Å². The molecule has 3 aromatic carbocycles. The predicted molar refractivity (Wildman–Crippen MR) is 108 cm³/mol. The van der Waals surface area contributed by atoms with E-state index in [2.05, 4.69) is 45.2 Å². The van der Waals surface area contributed by atoms with Crippen LogP contribution >= 0.6 is 0 Å². The summed E-state index contributed by atoms with van der Waals surface area (Å²) in [5, 5.41) is 3.44. The van der Waals surface area contributed by atoms with E-state index < -0.39 is 0 Å². The molecule has 0 saturated carbocycles. The van der Waals surface area contributed by atoms with Crippen LogP contribution in [-0.4, -0.2) is 23.8 Å². The van der Waals surface area contributed by atoms with Gasteiger partial charge in [-0.2, -0.15) is 0 Å². The summed E-state index contributed by atoms with van der Waals surface area (Å²) in [5.41, 5.74) is 5.34. The molecular weight excluding hydrogens is 338 g/mol. The first-order chi connectivity index (χ1) is 13.3. The Kier molecular flexibility index (Phi) is 4.66. The first kappa shape index (κ1) is 17.0. The third-order valence-corrected chi connectivity index (χ3v) is 4.52. The van der Waals surface area contributed by atoms with Crippen molar-refractivity contribution in [1.29, 1.82) is 0 Å². The van der Waals surface area contributed by atoms with Crippen LogP contribution in [0.4, 0.5) is 5.69 Å². The molecule has 0 bridgehead atoms. The van der Waals surface area contributed by atoms with E-state index in [1.807, 2.05) is 42.7 Å². The van der Waals surface area contributed by atoms with Gasteiger partial charge in [0, 0.05) is 24.0 Å². The molecule has 1 heterocycles. The number of aromatic nitrogens is 2. The number of benzene rings is 3. The monoisotopic (exact) mass is 359 g/mol. The Bertz CT molecular complexity index is 1070. The van der Waals surface area contributed by atoms with Crippen LogP contribution in [-0.2, 0) is 6.54 Å². The lowest BCUT2D eigenvalue weighted by molar-refractivity contribution is 0.355. The third kappa shape index (κ3) is 3.44. The smallest absolute Gasteiger partial charge is 0.162 e. The van der Waals surface area contributed by atoms with E-state index in [4.69, 9.17) is 9.47 Å². The van der Waals surface area contributed by atoms with Crippen molar-refractivity contribution >= 4 is 16.7 Å². The molecule has 1 aromatic heterocycles. The average molecular weight is 359 g/mol. The normalized spacial score (nSPS) is 10.7. The number of nitrogens with one attached hydrogen (secondary N) is 1. The second-order valence-electron chi connectivity index (χ2n) is 6.20. The second kappa shape index (κ2) is 7.41. The van der Waals surface area contributed by atoms with Crippen LogP contribution < -0.4 is 14.8 Å². The largest absolute Gasteiger partial charge is 0.493 e. The molecule has 4 rings (SSSR count). The summed E-state index contributed by atoms with van der Waals surface area (Å²) in [4.78, 5) is 4.48. The molecule has 0 spiro atoms. The maximum Gasteiger partial charge on any atom is 0.162 e. The van der Waals surface area contributed by atoms with Crippen LogP contribution in [0.2, 0.25) is 0 Å². The van der Waals surface area contributed by atoms with E-state index in [9.17, 15) is 0 Å². The zero-order valence-electron chi connectivity index (χ0n) is 15.3. The minimum absolute atomic E-state index is 0.704. The summed E-state index contributed by atoms with van der Waals surface area (Å²) in [6.07, 6.45) is 1.87. The minimum atomic E-state index is 0.704. The Morgan fingerprint density at radius 2 is 1.74 bits per heavy atom. The van der Waals surface area contributed by atoms with Gasteiger partial charge in [0.2, 0.25) is 0 Å². The molecular formula is C22H21N3O2. The van der Waals surface area contributed by atoms with Gasteiger partial charge < -0.3 is 14.8 Å². The average Bonchev–Trinajstić information content (AvgIpc) is 3.16. The Balaban J connectivity index is 1.55. The van der Waals surface area contributed by atoms with Crippen molar-refractivity contribution in [2.75, 3.05) is 19.5 Å². The first-order valence-corrected chi connectivity index (χ1v) is 8.76. The van der Waals surface area contributed by atoms with E-state index in [1.165, 1.54) is 5.56 Å². The van der Waals surface area contributed by atoms with Crippen LogP contribution in [0, 0.1) is 0 Å². The highest BCUT2D eigenvalue weighted by Gasteiger charge is 2.06. The molecule has 27 heavy (non-hydrogen) atoms. The fourth-order valence-electron chi connectivity index (χ4n) is 3.13. The van der Waals surface area contributed by atoms with Crippen molar-refractivity contribution < 1.29 is 9.47 Å². The van der Waals surface area contributed by atoms with Gasteiger partial charge in [-0.1, -0.05) is 24.3 Å². The Morgan fingerprint density at radius 3 is 2.59 bits per heavy atom. The molecule has 5 nitrogen and oxygen atoms in total. The molecule has 0 aliphatic heterocycles. The Labute approximate surface area is 158 Å². The summed E-state index contributed by atoms with van der Waals surface area (Å²) in [6, 6.07) is 22.4. The SMILES string of the molecule is COc1ccc(NCc2cccc(-n3cnc4ccccc43)c2)cc1OC. The lowest BCUT2D eigenvalue weighted by Crippen LogP contribution is -2.01. The zero-order chi connectivity index (χ0) is 18.6. The van der Waals surface area contributed by atoms with Gasteiger partial charge in [-0.05, 0) is 42.0 Å². The van der Waals surface area contributed by atoms with Gasteiger partial charge in [0.25, 0.3) is 0 Å². The van der Waals surface area contributed by atoms with E-state index in [-0.39, 0.29) is 0 Å². The maximum atomic E-state index is 5.36. The van der Waals surface area contributed by atoms with Crippen LogP contribution in [0.1, 0.15) is 5.56 Å². The van der Waals surface area contributed by atoms with Crippen LogP contribution in [0.5, 0.6) is 11.5 Å². The molecule has 1 N–H and O–H groups in total. The molecule has 5 heteroatoms. The fraction of sp³-hybridized carbons (Fsp3) is 0.136. The number of imidazole rings is 1. The van der Waals surface area contributed by atoms with E-state index >= 15 is 0 Å². The van der Waals surface area contributed by atoms with Crippen LogP contribution in [0.3, 0.4) is 0 Å². The highest BCUT2D eigenvalue weighted by atomic mass is 16.5.